The molecule has 0 aromatic heterocycles. The predicted molar refractivity (Wildman–Crippen MR) is 127 cm³/mol. The minimum Gasteiger partial charge on any atom is -0.355 e. The number of carbonyl (C=O) groups is 2. The number of rotatable bonds is 2. The number of benzene rings is 3. The van der Waals surface area contributed by atoms with Crippen molar-refractivity contribution in [1.29, 1.82) is 0 Å². The van der Waals surface area contributed by atoms with Gasteiger partial charge in [-0.25, -0.2) is 0 Å². The molecule has 6 heteroatoms. The van der Waals surface area contributed by atoms with Crippen molar-refractivity contribution in [3.05, 3.63) is 99.0 Å². The van der Waals surface area contributed by atoms with Crippen molar-refractivity contribution in [2.45, 2.75) is 30.6 Å². The number of anilines is 1. The quantitative estimate of drug-likeness (QED) is 0.519. The number of fused-ring (bicyclic) bond motifs is 2. The standard InChI is InChI=1S/C26H22Cl2N2O2/c1-15-4-2-5-16(10-15)21-13-24(31)29-14-22(17-6-3-7-18(27)11-17)26(21)20-9-8-19(28)12-23(20)30-25(26)32/h2-12,21-22H,13-14H2,1H3,(H,29,31)(H,30,32)/t21-,22+,26-/m0/s1. The topological polar surface area (TPSA) is 58.2 Å². The summed E-state index contributed by atoms with van der Waals surface area (Å²) in [6.45, 7) is 2.35. The number of hydrogen-bond donors (Lipinski definition) is 2. The van der Waals surface area contributed by atoms with Gasteiger partial charge in [0.25, 0.3) is 0 Å². The van der Waals surface area contributed by atoms with Gasteiger partial charge in [0, 0.05) is 40.5 Å². The molecule has 2 N–H and O–H groups in total. The van der Waals surface area contributed by atoms with E-state index in [0.29, 0.717) is 22.3 Å². The number of hydrogen-bond acceptors (Lipinski definition) is 2. The van der Waals surface area contributed by atoms with Crippen molar-refractivity contribution < 1.29 is 9.59 Å². The second-order valence-electron chi connectivity index (χ2n) is 8.60. The highest BCUT2D eigenvalue weighted by Crippen LogP contribution is 2.57. The average Bonchev–Trinajstić information content (AvgIpc) is 2.93. The van der Waals surface area contributed by atoms with Crippen LogP contribution in [-0.2, 0) is 15.0 Å². The van der Waals surface area contributed by atoms with Crippen molar-refractivity contribution in [3.63, 3.8) is 0 Å². The first-order chi connectivity index (χ1) is 15.4. The summed E-state index contributed by atoms with van der Waals surface area (Å²) in [6.07, 6.45) is 0.204. The van der Waals surface area contributed by atoms with Gasteiger partial charge < -0.3 is 10.6 Å². The SMILES string of the molecule is Cc1cccc([C@@H]2CC(=O)NC[C@H](c3cccc(Cl)c3)[C@@]23C(=O)Nc2cc(Cl)ccc23)c1. The molecule has 1 saturated heterocycles. The first-order valence-electron chi connectivity index (χ1n) is 10.6. The van der Waals surface area contributed by atoms with Crippen LogP contribution in [0.5, 0.6) is 0 Å². The molecule has 4 nitrogen and oxygen atoms in total. The summed E-state index contributed by atoms with van der Waals surface area (Å²) < 4.78 is 0. The Morgan fingerprint density at radius 1 is 0.875 bits per heavy atom. The van der Waals surface area contributed by atoms with E-state index in [2.05, 4.69) is 16.7 Å². The minimum atomic E-state index is -1.00. The monoisotopic (exact) mass is 464 g/mol. The number of nitrogens with one attached hydrogen (secondary N) is 2. The van der Waals surface area contributed by atoms with Crippen LogP contribution in [0.1, 0.15) is 40.5 Å². The molecule has 0 aliphatic carbocycles. The van der Waals surface area contributed by atoms with Gasteiger partial charge in [-0.15, -0.1) is 0 Å². The first-order valence-corrected chi connectivity index (χ1v) is 11.4. The maximum Gasteiger partial charge on any atom is 0.236 e. The third kappa shape index (κ3) is 3.30. The lowest BCUT2D eigenvalue weighted by molar-refractivity contribution is -0.123. The highest BCUT2D eigenvalue weighted by atomic mass is 35.5. The lowest BCUT2D eigenvalue weighted by Crippen LogP contribution is -2.46. The molecule has 1 spiro atoms. The van der Waals surface area contributed by atoms with Crippen LogP contribution < -0.4 is 10.6 Å². The summed E-state index contributed by atoms with van der Waals surface area (Å²) in [5, 5.41) is 7.27. The molecule has 0 saturated carbocycles. The zero-order chi connectivity index (χ0) is 22.5. The van der Waals surface area contributed by atoms with Gasteiger partial charge in [0.1, 0.15) is 0 Å². The van der Waals surface area contributed by atoms with Crippen molar-refractivity contribution in [2.24, 2.45) is 0 Å². The van der Waals surface area contributed by atoms with E-state index < -0.39 is 5.41 Å². The molecule has 2 aliphatic rings. The minimum absolute atomic E-state index is 0.0735. The first kappa shape index (κ1) is 21.0. The Morgan fingerprint density at radius 2 is 1.59 bits per heavy atom. The van der Waals surface area contributed by atoms with Gasteiger partial charge in [-0.1, -0.05) is 71.2 Å². The van der Waals surface area contributed by atoms with Crippen LogP contribution in [0.3, 0.4) is 0 Å². The zero-order valence-corrected chi connectivity index (χ0v) is 19.0. The molecule has 0 bridgehead atoms. The number of halogens is 2. The van der Waals surface area contributed by atoms with E-state index in [-0.39, 0.29) is 30.1 Å². The number of carbonyl (C=O) groups excluding carboxylic acids is 2. The summed E-state index contributed by atoms with van der Waals surface area (Å²) in [4.78, 5) is 26.9. The predicted octanol–water partition coefficient (Wildman–Crippen LogP) is 5.58. The Balaban J connectivity index is 1.83. The van der Waals surface area contributed by atoms with Crippen LogP contribution in [0.2, 0.25) is 10.0 Å². The highest BCUT2D eigenvalue weighted by molar-refractivity contribution is 6.31. The summed E-state index contributed by atoms with van der Waals surface area (Å²) in [7, 11) is 0. The van der Waals surface area contributed by atoms with Crippen LogP contribution in [0.4, 0.5) is 5.69 Å². The molecule has 5 rings (SSSR count). The molecular weight excluding hydrogens is 443 g/mol. The molecule has 1 fully saturated rings. The van der Waals surface area contributed by atoms with Crippen molar-refractivity contribution in [3.8, 4) is 0 Å². The van der Waals surface area contributed by atoms with E-state index in [9.17, 15) is 9.59 Å². The summed E-state index contributed by atoms with van der Waals surface area (Å²) in [5.41, 5.74) is 3.51. The molecular formula is C26H22Cl2N2O2. The van der Waals surface area contributed by atoms with Crippen LogP contribution in [-0.4, -0.2) is 18.4 Å². The third-order valence-corrected chi connectivity index (χ3v) is 7.21. The maximum absolute atomic E-state index is 14.0. The summed E-state index contributed by atoms with van der Waals surface area (Å²) in [5.74, 6) is -0.879. The Bertz CT molecular complexity index is 1240. The molecule has 2 amide bonds. The molecule has 2 aliphatic heterocycles. The lowest BCUT2D eigenvalue weighted by Gasteiger charge is -2.41. The van der Waals surface area contributed by atoms with Crippen molar-refractivity contribution in [2.75, 3.05) is 11.9 Å². The molecule has 3 aromatic rings. The van der Waals surface area contributed by atoms with Crippen LogP contribution in [0.25, 0.3) is 0 Å². The number of amides is 2. The van der Waals surface area contributed by atoms with Gasteiger partial charge in [-0.3, -0.25) is 9.59 Å². The summed E-state index contributed by atoms with van der Waals surface area (Å²) in [6, 6.07) is 21.2. The fourth-order valence-corrected chi connectivity index (χ4v) is 5.80. The van der Waals surface area contributed by atoms with Crippen LogP contribution in [0.15, 0.2) is 66.7 Å². The maximum atomic E-state index is 14.0. The van der Waals surface area contributed by atoms with Gasteiger partial charge >= 0.3 is 0 Å². The van der Waals surface area contributed by atoms with E-state index in [1.165, 1.54) is 0 Å². The normalized spacial score (nSPS) is 24.6. The Hall–Kier alpha value is -2.82. The molecule has 0 radical (unpaired) electrons. The van der Waals surface area contributed by atoms with E-state index in [0.717, 1.165) is 22.3 Å². The molecule has 0 unspecified atom stereocenters. The third-order valence-electron chi connectivity index (χ3n) is 6.74. The molecule has 32 heavy (non-hydrogen) atoms. The average molecular weight is 465 g/mol. The second kappa shape index (κ2) is 7.95. The fraction of sp³-hybridized carbons (Fsp3) is 0.231. The van der Waals surface area contributed by atoms with E-state index >= 15 is 0 Å². The lowest BCUT2D eigenvalue weighted by atomic mass is 9.59. The summed E-state index contributed by atoms with van der Waals surface area (Å²) >= 11 is 12.6. The molecule has 162 valence electrons. The Labute approximate surface area is 196 Å². The van der Waals surface area contributed by atoms with E-state index in [4.69, 9.17) is 23.2 Å². The fourth-order valence-electron chi connectivity index (χ4n) is 5.43. The van der Waals surface area contributed by atoms with Gasteiger partial charge in [-0.05, 0) is 47.9 Å². The molecule has 2 heterocycles. The molecule has 3 aromatic carbocycles. The second-order valence-corrected chi connectivity index (χ2v) is 9.47. The van der Waals surface area contributed by atoms with Gasteiger partial charge in [0.05, 0.1) is 5.41 Å². The number of aryl methyl sites for hydroxylation is 1. The van der Waals surface area contributed by atoms with E-state index in [1.807, 2.05) is 61.5 Å². The largest absolute Gasteiger partial charge is 0.355 e. The van der Waals surface area contributed by atoms with Gasteiger partial charge in [-0.2, -0.15) is 0 Å². The van der Waals surface area contributed by atoms with E-state index in [1.54, 1.807) is 6.07 Å². The Morgan fingerprint density at radius 3 is 2.34 bits per heavy atom. The van der Waals surface area contributed by atoms with Crippen molar-refractivity contribution >= 4 is 40.7 Å². The van der Waals surface area contributed by atoms with Crippen LogP contribution in [0, 0.1) is 6.92 Å². The van der Waals surface area contributed by atoms with Crippen molar-refractivity contribution in [1.82, 2.24) is 5.32 Å². The molecule has 3 atom stereocenters. The zero-order valence-electron chi connectivity index (χ0n) is 17.5. The van der Waals surface area contributed by atoms with Crippen LogP contribution >= 0.6 is 23.2 Å². The smallest absolute Gasteiger partial charge is 0.236 e. The van der Waals surface area contributed by atoms with Gasteiger partial charge in [0.15, 0.2) is 0 Å². The van der Waals surface area contributed by atoms with Gasteiger partial charge in [0.2, 0.25) is 11.8 Å². The highest BCUT2D eigenvalue weighted by Gasteiger charge is 2.59. The Kier molecular flexibility index (Phi) is 5.23.